The highest BCUT2D eigenvalue weighted by molar-refractivity contribution is 9.10. The van der Waals surface area contributed by atoms with E-state index >= 15 is 0 Å². The van der Waals surface area contributed by atoms with Crippen molar-refractivity contribution in [3.8, 4) is 0 Å². The molecule has 42 heavy (non-hydrogen) atoms. The van der Waals surface area contributed by atoms with Crippen LogP contribution in [0.3, 0.4) is 0 Å². The first kappa shape index (κ1) is 32.8. The fourth-order valence-electron chi connectivity index (χ4n) is 5.93. The maximum Gasteiger partial charge on any atom is 0.411 e. The molecule has 4 aromatic rings. The summed E-state index contributed by atoms with van der Waals surface area (Å²) in [6, 6.07) is 8.28. The number of imidazole rings is 2. The fraction of sp³-hybridized carbons (Fsp3) is 0.516. The Hall–Kier alpha value is -2.14. The molecule has 2 aromatic carbocycles. The van der Waals surface area contributed by atoms with Gasteiger partial charge in [0.15, 0.2) is 0 Å². The van der Waals surface area contributed by atoms with Crippen LogP contribution in [0.1, 0.15) is 83.1 Å². The van der Waals surface area contributed by atoms with Crippen molar-refractivity contribution in [2.45, 2.75) is 90.8 Å². The Bertz CT molecular complexity index is 1600. The summed E-state index contributed by atoms with van der Waals surface area (Å²) in [5, 5.41) is 3.54. The number of carbonyl (C=O) groups is 1. The predicted octanol–water partition coefficient (Wildman–Crippen LogP) is 8.53. The van der Waals surface area contributed by atoms with Crippen molar-refractivity contribution in [2.75, 3.05) is 13.1 Å². The summed E-state index contributed by atoms with van der Waals surface area (Å²) >= 11 is 7.05. The minimum Gasteiger partial charge on any atom is -0.444 e. The van der Waals surface area contributed by atoms with E-state index in [0.29, 0.717) is 6.54 Å². The van der Waals surface area contributed by atoms with Crippen LogP contribution in [0.15, 0.2) is 33.2 Å². The topological polar surface area (TPSA) is 98.9 Å². The number of halogens is 3. The van der Waals surface area contributed by atoms with E-state index < -0.39 is 11.1 Å². The molecule has 0 unspecified atom stereocenters. The first-order chi connectivity index (χ1) is 19.2. The zero-order valence-electron chi connectivity index (χ0n) is 25.4. The number of nitrogens with one attached hydrogen (secondary N) is 3. The average molecular weight is 725 g/mol. The van der Waals surface area contributed by atoms with Crippen molar-refractivity contribution in [1.29, 1.82) is 0 Å². The minimum absolute atomic E-state index is 0. The third kappa shape index (κ3) is 6.51. The highest BCUT2D eigenvalue weighted by Gasteiger charge is 2.45. The number of carbonyl (C=O) groups excluding carboxylic acids is 1. The largest absolute Gasteiger partial charge is 0.444 e. The van der Waals surface area contributed by atoms with Crippen LogP contribution in [0.25, 0.3) is 22.1 Å². The summed E-state index contributed by atoms with van der Waals surface area (Å²) in [7, 11) is 0. The maximum atomic E-state index is 12.6. The summed E-state index contributed by atoms with van der Waals surface area (Å²) in [5.74, 6) is 1.88. The minimum atomic E-state index is -0.504. The molecule has 6 rings (SSSR count). The zero-order chi connectivity index (χ0) is 29.7. The number of hydrogen-bond donors (Lipinski definition) is 3. The van der Waals surface area contributed by atoms with Crippen LogP contribution in [0.2, 0.25) is 0 Å². The van der Waals surface area contributed by atoms with Gasteiger partial charge in [-0.3, -0.25) is 4.90 Å². The summed E-state index contributed by atoms with van der Waals surface area (Å²) in [4.78, 5) is 30.9. The molecule has 1 amide bonds. The second kappa shape index (κ2) is 12.1. The molecule has 0 aliphatic carbocycles. The standard InChI is InChI=1S/C18H24BrN3O2.C13H16BrN3.ClH/c1-11-9-12(19)10-13-14(11)21-15(20-13)18(5)7-6-8-22(18)16(23)24-17(2,3)4;1-8-6-9(14)7-10-11(8)17-12(16-10)13(2)4-3-5-15-13;/h9-10H,6-8H2,1-5H3,(H,20,21);6-7,15H,3-5H2,1-2H3,(H,16,17);1H/t18-;13-;/m00./s1. The molecule has 4 heterocycles. The monoisotopic (exact) mass is 722 g/mol. The van der Waals surface area contributed by atoms with Crippen molar-refractivity contribution in [3.63, 3.8) is 0 Å². The summed E-state index contributed by atoms with van der Waals surface area (Å²) < 4.78 is 7.71. The van der Waals surface area contributed by atoms with Gasteiger partial charge in [-0.25, -0.2) is 14.8 Å². The van der Waals surface area contributed by atoms with Gasteiger partial charge in [0.2, 0.25) is 0 Å². The lowest BCUT2D eigenvalue weighted by molar-refractivity contribution is 0.00870. The van der Waals surface area contributed by atoms with Gasteiger partial charge in [0.05, 0.1) is 27.6 Å². The molecular formula is C31H41Br2ClN6O2. The van der Waals surface area contributed by atoms with Crippen LogP contribution in [-0.4, -0.2) is 49.6 Å². The molecule has 2 fully saturated rings. The van der Waals surface area contributed by atoms with Crippen molar-refractivity contribution in [1.82, 2.24) is 30.2 Å². The quantitative estimate of drug-likeness (QED) is 0.193. The molecular weight excluding hydrogens is 684 g/mol. The molecule has 0 spiro atoms. The Morgan fingerprint density at radius 2 is 1.45 bits per heavy atom. The van der Waals surface area contributed by atoms with E-state index in [2.05, 4.69) is 86.1 Å². The van der Waals surface area contributed by atoms with Crippen LogP contribution in [0, 0.1) is 13.8 Å². The summed E-state index contributed by atoms with van der Waals surface area (Å²) in [5.41, 5.74) is 5.47. The van der Waals surface area contributed by atoms with E-state index in [4.69, 9.17) is 14.7 Å². The predicted molar refractivity (Wildman–Crippen MR) is 178 cm³/mol. The van der Waals surface area contributed by atoms with Gasteiger partial charge < -0.3 is 20.0 Å². The molecule has 2 saturated heterocycles. The first-order valence-corrected chi connectivity index (χ1v) is 15.9. The summed E-state index contributed by atoms with van der Waals surface area (Å²) in [6.45, 7) is 15.9. The van der Waals surface area contributed by atoms with E-state index in [1.54, 1.807) is 4.90 Å². The number of ether oxygens (including phenoxy) is 1. The number of rotatable bonds is 2. The second-order valence-corrected chi connectivity index (χ2v) is 14.6. The number of benzene rings is 2. The molecule has 2 atom stereocenters. The van der Waals surface area contributed by atoms with Crippen molar-refractivity contribution in [3.05, 3.63) is 56.0 Å². The van der Waals surface area contributed by atoms with Gasteiger partial charge in [-0.2, -0.15) is 0 Å². The van der Waals surface area contributed by atoms with Gasteiger partial charge in [0.25, 0.3) is 0 Å². The van der Waals surface area contributed by atoms with E-state index in [9.17, 15) is 4.79 Å². The molecule has 11 heteroatoms. The molecule has 2 aliphatic rings. The number of aryl methyl sites for hydroxylation is 2. The Morgan fingerprint density at radius 3 is 1.98 bits per heavy atom. The lowest BCUT2D eigenvalue weighted by atomic mass is 9.98. The molecule has 3 N–H and O–H groups in total. The molecule has 228 valence electrons. The number of amides is 1. The average Bonchev–Trinajstić information content (AvgIpc) is 3.64. The maximum absolute atomic E-state index is 12.6. The number of aromatic nitrogens is 4. The number of fused-ring (bicyclic) bond motifs is 2. The van der Waals surface area contributed by atoms with Crippen LogP contribution < -0.4 is 5.32 Å². The highest BCUT2D eigenvalue weighted by Crippen LogP contribution is 2.39. The molecule has 2 aromatic heterocycles. The van der Waals surface area contributed by atoms with Crippen LogP contribution >= 0.6 is 44.3 Å². The Labute approximate surface area is 270 Å². The van der Waals surface area contributed by atoms with E-state index in [-0.39, 0.29) is 24.0 Å². The van der Waals surface area contributed by atoms with Crippen LogP contribution in [0.4, 0.5) is 4.79 Å². The third-order valence-electron chi connectivity index (χ3n) is 8.14. The number of hydrogen-bond acceptors (Lipinski definition) is 5. The Kier molecular flexibility index (Phi) is 9.44. The SMILES string of the molecule is Cc1cc(Br)cc2[nH]c([C@]3(C)CCCN3)nc12.Cc1cc(Br)cc2[nH]c([C@]3(C)CCCN3C(=O)OC(C)(C)C)nc12.Cl. The number of H-pyrrole nitrogens is 2. The van der Waals surface area contributed by atoms with E-state index in [1.807, 2.05) is 33.8 Å². The smallest absolute Gasteiger partial charge is 0.411 e. The molecule has 8 nitrogen and oxygen atoms in total. The third-order valence-corrected chi connectivity index (χ3v) is 9.06. The van der Waals surface area contributed by atoms with E-state index in [0.717, 1.165) is 74.0 Å². The van der Waals surface area contributed by atoms with Gasteiger partial charge >= 0.3 is 6.09 Å². The lowest BCUT2D eigenvalue weighted by Crippen LogP contribution is -2.46. The van der Waals surface area contributed by atoms with Crippen molar-refractivity contribution in [2.24, 2.45) is 0 Å². The number of aromatic amines is 2. The number of likely N-dealkylation sites (tertiary alicyclic amines) is 1. The first-order valence-electron chi connectivity index (χ1n) is 14.3. The van der Waals surface area contributed by atoms with E-state index in [1.165, 1.54) is 12.0 Å². The van der Waals surface area contributed by atoms with Crippen molar-refractivity contribution >= 4 is 72.4 Å². The Morgan fingerprint density at radius 1 is 0.905 bits per heavy atom. The van der Waals surface area contributed by atoms with Crippen LogP contribution in [0.5, 0.6) is 0 Å². The zero-order valence-corrected chi connectivity index (χ0v) is 29.4. The number of nitrogens with zero attached hydrogens (tertiary/aromatic N) is 3. The van der Waals surface area contributed by atoms with Gasteiger partial charge in [-0.05, 0) is 116 Å². The second-order valence-electron chi connectivity index (χ2n) is 12.8. The normalized spacial score (nSPS) is 22.3. The molecule has 2 aliphatic heterocycles. The molecule has 0 saturated carbocycles. The molecule has 0 radical (unpaired) electrons. The highest BCUT2D eigenvalue weighted by atomic mass is 79.9. The van der Waals surface area contributed by atoms with Crippen molar-refractivity contribution < 1.29 is 9.53 Å². The van der Waals surface area contributed by atoms with Gasteiger partial charge in [0, 0.05) is 15.5 Å². The molecule has 0 bridgehead atoms. The fourth-order valence-corrected chi connectivity index (χ4v) is 7.07. The van der Waals surface area contributed by atoms with Gasteiger partial charge in [-0.1, -0.05) is 31.9 Å². The summed E-state index contributed by atoms with van der Waals surface area (Å²) in [6.07, 6.45) is 3.89. The Balaban J connectivity index is 0.000000198. The van der Waals surface area contributed by atoms with Crippen LogP contribution in [-0.2, 0) is 15.8 Å². The van der Waals surface area contributed by atoms with Gasteiger partial charge in [-0.15, -0.1) is 12.4 Å². The lowest BCUT2D eigenvalue weighted by Gasteiger charge is -2.34. The van der Waals surface area contributed by atoms with Gasteiger partial charge in [0.1, 0.15) is 22.8 Å².